The van der Waals surface area contributed by atoms with E-state index in [9.17, 15) is 5.11 Å². The molecule has 0 saturated carbocycles. The van der Waals surface area contributed by atoms with E-state index >= 15 is 0 Å². The highest BCUT2D eigenvalue weighted by atomic mass is 35.5. The van der Waals surface area contributed by atoms with E-state index in [2.05, 4.69) is 5.92 Å². The van der Waals surface area contributed by atoms with Crippen molar-refractivity contribution in [2.75, 3.05) is 0 Å². The van der Waals surface area contributed by atoms with E-state index in [4.69, 9.17) is 18.0 Å². The first-order chi connectivity index (χ1) is 5.56. The van der Waals surface area contributed by atoms with Gasteiger partial charge in [-0.25, -0.2) is 0 Å². The van der Waals surface area contributed by atoms with E-state index in [0.717, 1.165) is 0 Å². The van der Waals surface area contributed by atoms with Gasteiger partial charge >= 0.3 is 0 Å². The van der Waals surface area contributed by atoms with Crippen LogP contribution in [-0.4, -0.2) is 5.11 Å². The van der Waals surface area contributed by atoms with Gasteiger partial charge < -0.3 is 5.11 Å². The van der Waals surface area contributed by atoms with Crippen molar-refractivity contribution in [2.45, 2.75) is 12.5 Å². The summed E-state index contributed by atoms with van der Waals surface area (Å²) in [4.78, 5) is 0. The number of hydrogen-bond acceptors (Lipinski definition) is 1. The molecule has 0 aromatic heterocycles. The highest BCUT2D eigenvalue weighted by Gasteiger charge is 2.18. The molecular weight excluding hydrogens is 172 g/mol. The molecule has 1 aromatic carbocycles. The molecule has 1 aromatic rings. The molecule has 0 unspecified atom stereocenters. The molecule has 2 heteroatoms. The quantitative estimate of drug-likeness (QED) is 0.657. The van der Waals surface area contributed by atoms with Gasteiger partial charge in [0, 0.05) is 5.02 Å². The lowest BCUT2D eigenvalue weighted by molar-refractivity contribution is 0.122. The fraction of sp³-hybridized carbons (Fsp3) is 0.200. The average Bonchev–Trinajstić information content (AvgIpc) is 2.05. The fourth-order valence-corrected chi connectivity index (χ4v) is 0.984. The zero-order valence-electron chi connectivity index (χ0n) is 6.71. The van der Waals surface area contributed by atoms with E-state index in [-0.39, 0.29) is 0 Å². The highest BCUT2D eigenvalue weighted by Crippen LogP contribution is 2.20. The molecule has 0 fully saturated rings. The molecule has 0 aliphatic rings. The minimum absolute atomic E-state index is 0.631. The maximum atomic E-state index is 9.61. The minimum Gasteiger partial charge on any atom is -0.374 e. The van der Waals surface area contributed by atoms with E-state index in [1.807, 2.05) is 0 Å². The summed E-state index contributed by atoms with van der Waals surface area (Å²) < 4.78 is 0. The molecule has 0 saturated heterocycles. The number of rotatable bonds is 1. The summed E-state index contributed by atoms with van der Waals surface area (Å²) in [5.74, 6) is 2.29. The summed E-state index contributed by atoms with van der Waals surface area (Å²) in [5.41, 5.74) is -0.528. The predicted octanol–water partition coefficient (Wildman–Crippen LogP) is 2.18. The van der Waals surface area contributed by atoms with E-state index in [1.165, 1.54) is 0 Å². The third-order valence-electron chi connectivity index (χ3n) is 1.69. The molecule has 1 nitrogen and oxygen atoms in total. The standard InChI is InChI=1S/C10H9ClO/c1-3-10(2,12)8-4-6-9(11)7-5-8/h1,4-7,12H,2H3/t10-/m0/s1. The number of benzene rings is 1. The van der Waals surface area contributed by atoms with Crippen molar-refractivity contribution in [2.24, 2.45) is 0 Å². The van der Waals surface area contributed by atoms with Crippen molar-refractivity contribution in [3.8, 4) is 12.3 Å². The summed E-state index contributed by atoms with van der Waals surface area (Å²) in [5, 5.41) is 10.2. The van der Waals surface area contributed by atoms with Gasteiger partial charge in [0.05, 0.1) is 0 Å². The van der Waals surface area contributed by atoms with Crippen LogP contribution in [0.5, 0.6) is 0 Å². The third-order valence-corrected chi connectivity index (χ3v) is 1.94. The Morgan fingerprint density at radius 1 is 1.42 bits per heavy atom. The first-order valence-electron chi connectivity index (χ1n) is 3.52. The van der Waals surface area contributed by atoms with Crippen LogP contribution in [0.3, 0.4) is 0 Å². The van der Waals surface area contributed by atoms with Gasteiger partial charge in [0.25, 0.3) is 0 Å². The van der Waals surface area contributed by atoms with Gasteiger partial charge in [-0.3, -0.25) is 0 Å². The van der Waals surface area contributed by atoms with Crippen molar-refractivity contribution in [3.63, 3.8) is 0 Å². The topological polar surface area (TPSA) is 20.2 Å². The molecule has 0 amide bonds. The molecule has 1 N–H and O–H groups in total. The molecular formula is C10H9ClO. The SMILES string of the molecule is C#C[C@](C)(O)c1ccc(Cl)cc1. The second-order valence-corrected chi connectivity index (χ2v) is 3.16. The Balaban J connectivity index is 3.07. The van der Waals surface area contributed by atoms with E-state index < -0.39 is 5.60 Å². The Labute approximate surface area is 77.0 Å². The Bertz CT molecular complexity index is 306. The first kappa shape index (κ1) is 9.12. The van der Waals surface area contributed by atoms with Crippen LogP contribution in [0.15, 0.2) is 24.3 Å². The molecule has 0 heterocycles. The minimum atomic E-state index is -1.20. The van der Waals surface area contributed by atoms with Crippen LogP contribution in [0.2, 0.25) is 5.02 Å². The Morgan fingerprint density at radius 2 is 1.92 bits per heavy atom. The zero-order chi connectivity index (χ0) is 9.19. The van der Waals surface area contributed by atoms with Crippen LogP contribution in [0.4, 0.5) is 0 Å². The Morgan fingerprint density at radius 3 is 2.33 bits per heavy atom. The van der Waals surface area contributed by atoms with E-state index in [0.29, 0.717) is 10.6 Å². The van der Waals surface area contributed by atoms with Crippen LogP contribution in [0, 0.1) is 12.3 Å². The molecule has 0 spiro atoms. The molecule has 62 valence electrons. The number of aliphatic hydroxyl groups is 1. The largest absolute Gasteiger partial charge is 0.374 e. The van der Waals surface area contributed by atoms with Gasteiger partial charge in [0.15, 0.2) is 0 Å². The second-order valence-electron chi connectivity index (χ2n) is 2.72. The van der Waals surface area contributed by atoms with Crippen molar-refractivity contribution >= 4 is 11.6 Å². The van der Waals surface area contributed by atoms with Gasteiger partial charge in [-0.1, -0.05) is 29.7 Å². The van der Waals surface area contributed by atoms with Gasteiger partial charge in [-0.2, -0.15) is 0 Å². The van der Waals surface area contributed by atoms with Crippen molar-refractivity contribution in [1.82, 2.24) is 0 Å². The number of halogens is 1. The lowest BCUT2D eigenvalue weighted by Gasteiger charge is -2.16. The van der Waals surface area contributed by atoms with Crippen LogP contribution < -0.4 is 0 Å². The first-order valence-corrected chi connectivity index (χ1v) is 3.90. The smallest absolute Gasteiger partial charge is 0.147 e. The van der Waals surface area contributed by atoms with Gasteiger partial charge in [-0.15, -0.1) is 6.42 Å². The molecule has 0 aliphatic heterocycles. The molecule has 0 bridgehead atoms. The monoisotopic (exact) mass is 180 g/mol. The van der Waals surface area contributed by atoms with Crippen molar-refractivity contribution < 1.29 is 5.11 Å². The molecule has 1 atom stereocenters. The Hall–Kier alpha value is -0.970. The summed E-state index contributed by atoms with van der Waals surface area (Å²) in [6.07, 6.45) is 5.14. The Kier molecular flexibility index (Phi) is 2.42. The van der Waals surface area contributed by atoms with Crippen LogP contribution in [-0.2, 0) is 5.60 Å². The zero-order valence-corrected chi connectivity index (χ0v) is 7.47. The number of hydrogen-bond donors (Lipinski definition) is 1. The lowest BCUT2D eigenvalue weighted by atomic mass is 9.97. The summed E-state index contributed by atoms with van der Waals surface area (Å²) in [7, 11) is 0. The lowest BCUT2D eigenvalue weighted by Crippen LogP contribution is -2.17. The maximum Gasteiger partial charge on any atom is 0.147 e. The molecule has 12 heavy (non-hydrogen) atoms. The van der Waals surface area contributed by atoms with Gasteiger partial charge in [0.2, 0.25) is 0 Å². The van der Waals surface area contributed by atoms with Gasteiger partial charge in [-0.05, 0) is 24.6 Å². The van der Waals surface area contributed by atoms with Crippen LogP contribution >= 0.6 is 11.6 Å². The highest BCUT2D eigenvalue weighted by molar-refractivity contribution is 6.30. The molecule has 1 rings (SSSR count). The molecule has 0 radical (unpaired) electrons. The maximum absolute atomic E-state index is 9.61. The predicted molar refractivity (Wildman–Crippen MR) is 49.9 cm³/mol. The molecule has 0 aliphatic carbocycles. The normalized spacial score (nSPS) is 14.8. The van der Waals surface area contributed by atoms with Crippen molar-refractivity contribution in [3.05, 3.63) is 34.9 Å². The fourth-order valence-electron chi connectivity index (χ4n) is 0.858. The second kappa shape index (κ2) is 3.18. The summed E-state index contributed by atoms with van der Waals surface area (Å²) in [6.45, 7) is 1.57. The van der Waals surface area contributed by atoms with Crippen molar-refractivity contribution in [1.29, 1.82) is 0 Å². The van der Waals surface area contributed by atoms with E-state index in [1.54, 1.807) is 31.2 Å². The van der Waals surface area contributed by atoms with Gasteiger partial charge in [0.1, 0.15) is 5.60 Å². The van der Waals surface area contributed by atoms with Crippen LogP contribution in [0.1, 0.15) is 12.5 Å². The third kappa shape index (κ3) is 1.79. The summed E-state index contributed by atoms with van der Waals surface area (Å²) >= 11 is 5.67. The number of terminal acetylenes is 1. The summed E-state index contributed by atoms with van der Waals surface area (Å²) in [6, 6.07) is 6.82. The van der Waals surface area contributed by atoms with Crippen LogP contribution in [0.25, 0.3) is 0 Å². The average molecular weight is 181 g/mol.